The molecule has 0 spiro atoms. The lowest BCUT2D eigenvalue weighted by Gasteiger charge is -2.02. The molecule has 3 rings (SSSR count). The van der Waals surface area contributed by atoms with Gasteiger partial charge < -0.3 is 0 Å². The molecule has 5 heteroatoms. The van der Waals surface area contributed by atoms with Crippen LogP contribution in [0, 0.1) is 14.9 Å². The number of aromatic nitrogens is 3. The van der Waals surface area contributed by atoms with Gasteiger partial charge in [0.15, 0.2) is 11.5 Å². The Morgan fingerprint density at radius 1 is 1.11 bits per heavy atom. The number of pyridine rings is 1. The van der Waals surface area contributed by atoms with E-state index in [1.165, 1.54) is 0 Å². The van der Waals surface area contributed by atoms with Crippen molar-refractivity contribution in [2.24, 2.45) is 0 Å². The summed E-state index contributed by atoms with van der Waals surface area (Å²) in [5.74, 6) is 0.757. The van der Waals surface area contributed by atoms with Crippen LogP contribution in [0.4, 0.5) is 0 Å². The van der Waals surface area contributed by atoms with E-state index in [4.69, 9.17) is 5.26 Å². The first-order valence-corrected chi connectivity index (χ1v) is 6.37. The molecule has 0 bridgehead atoms. The first-order valence-electron chi connectivity index (χ1n) is 5.29. The molecule has 0 amide bonds. The van der Waals surface area contributed by atoms with E-state index in [2.05, 4.69) is 38.9 Å². The Morgan fingerprint density at radius 2 is 1.94 bits per heavy atom. The molecule has 1 aromatic carbocycles. The van der Waals surface area contributed by atoms with Crippen molar-refractivity contribution in [3.8, 4) is 17.5 Å². The van der Waals surface area contributed by atoms with Crippen LogP contribution in [-0.4, -0.2) is 14.6 Å². The Bertz CT molecular complexity index is 770. The van der Waals surface area contributed by atoms with Crippen molar-refractivity contribution in [3.63, 3.8) is 0 Å². The molecule has 0 N–H and O–H groups in total. The van der Waals surface area contributed by atoms with Crippen LogP contribution in [0.3, 0.4) is 0 Å². The largest absolute Gasteiger partial charge is 0.281 e. The zero-order valence-electron chi connectivity index (χ0n) is 9.21. The summed E-state index contributed by atoms with van der Waals surface area (Å²) in [6, 6.07) is 13.6. The second kappa shape index (κ2) is 4.38. The molecule has 0 saturated heterocycles. The van der Waals surface area contributed by atoms with Crippen LogP contribution in [0.5, 0.6) is 0 Å². The zero-order valence-corrected chi connectivity index (χ0v) is 11.4. The summed E-state index contributed by atoms with van der Waals surface area (Å²) in [5.41, 5.74) is 2.35. The molecule has 86 valence electrons. The van der Waals surface area contributed by atoms with Crippen LogP contribution in [0.2, 0.25) is 0 Å². The Morgan fingerprint density at radius 3 is 2.72 bits per heavy atom. The lowest BCUT2D eigenvalue weighted by molar-refractivity contribution is 1.11. The highest BCUT2D eigenvalue weighted by molar-refractivity contribution is 14.1. The van der Waals surface area contributed by atoms with Crippen molar-refractivity contribution in [2.45, 2.75) is 0 Å². The van der Waals surface area contributed by atoms with E-state index in [9.17, 15) is 0 Å². The van der Waals surface area contributed by atoms with Gasteiger partial charge in [-0.05, 0) is 40.8 Å². The molecule has 0 saturated carbocycles. The van der Waals surface area contributed by atoms with E-state index in [1.54, 1.807) is 18.3 Å². The third-order valence-electron chi connectivity index (χ3n) is 2.65. The summed E-state index contributed by atoms with van der Waals surface area (Å²) in [6.45, 7) is 0. The van der Waals surface area contributed by atoms with E-state index in [0.29, 0.717) is 5.56 Å². The maximum atomic E-state index is 8.94. The van der Waals surface area contributed by atoms with Crippen molar-refractivity contribution >= 4 is 28.2 Å². The topological polar surface area (TPSA) is 54.0 Å². The molecule has 0 aliphatic carbocycles. The minimum atomic E-state index is 0.592. The maximum absolute atomic E-state index is 8.94. The fourth-order valence-corrected chi connectivity index (χ4v) is 2.41. The average Bonchev–Trinajstić information content (AvgIpc) is 2.82. The lowest BCUT2D eigenvalue weighted by atomic mass is 10.2. The quantitative estimate of drug-likeness (QED) is 0.637. The Kier molecular flexibility index (Phi) is 2.72. The monoisotopic (exact) mass is 346 g/mol. The third kappa shape index (κ3) is 1.75. The van der Waals surface area contributed by atoms with Crippen LogP contribution in [0.1, 0.15) is 5.56 Å². The van der Waals surface area contributed by atoms with Crippen LogP contribution >= 0.6 is 22.6 Å². The van der Waals surface area contributed by atoms with Gasteiger partial charge in [-0.2, -0.15) is 5.26 Å². The van der Waals surface area contributed by atoms with Gasteiger partial charge in [0.2, 0.25) is 0 Å². The molecule has 0 radical (unpaired) electrons. The molecular formula is C13H7IN4. The zero-order chi connectivity index (χ0) is 12.5. The van der Waals surface area contributed by atoms with Gasteiger partial charge in [0.05, 0.1) is 5.56 Å². The number of nitrogens with zero attached hydrogens (tertiary/aromatic N) is 4. The Hall–Kier alpha value is -1.94. The maximum Gasteiger partial charge on any atom is 0.169 e. The molecule has 2 heterocycles. The standard InChI is InChI=1S/C13H7IN4/c14-11-4-2-1-3-10(11)13-17-16-12-6-5-9(7-15)8-18(12)13/h1-6,8H. The molecule has 4 nitrogen and oxygen atoms in total. The summed E-state index contributed by atoms with van der Waals surface area (Å²) in [4.78, 5) is 0. The minimum absolute atomic E-state index is 0.592. The van der Waals surface area contributed by atoms with Crippen molar-refractivity contribution < 1.29 is 0 Å². The highest BCUT2D eigenvalue weighted by Crippen LogP contribution is 2.23. The van der Waals surface area contributed by atoms with Crippen LogP contribution in [-0.2, 0) is 0 Å². The van der Waals surface area contributed by atoms with Gasteiger partial charge in [-0.25, -0.2) is 0 Å². The molecular weight excluding hydrogens is 339 g/mol. The van der Waals surface area contributed by atoms with Gasteiger partial charge in [0, 0.05) is 15.3 Å². The van der Waals surface area contributed by atoms with Gasteiger partial charge >= 0.3 is 0 Å². The second-order valence-corrected chi connectivity index (χ2v) is 4.92. The summed E-state index contributed by atoms with van der Waals surface area (Å²) in [6.07, 6.45) is 1.76. The van der Waals surface area contributed by atoms with Crippen molar-refractivity contribution in [1.82, 2.24) is 14.6 Å². The first-order chi connectivity index (χ1) is 8.79. The highest BCUT2D eigenvalue weighted by Gasteiger charge is 2.10. The molecule has 0 fully saturated rings. The third-order valence-corrected chi connectivity index (χ3v) is 3.59. The number of rotatable bonds is 1. The Balaban J connectivity index is 2.31. The second-order valence-electron chi connectivity index (χ2n) is 3.76. The minimum Gasteiger partial charge on any atom is -0.281 e. The molecule has 0 aliphatic heterocycles. The predicted octanol–water partition coefficient (Wildman–Crippen LogP) is 2.87. The van der Waals surface area contributed by atoms with Gasteiger partial charge in [0.1, 0.15) is 6.07 Å². The number of fused-ring (bicyclic) bond motifs is 1. The van der Waals surface area contributed by atoms with Gasteiger partial charge in [-0.15, -0.1) is 10.2 Å². The van der Waals surface area contributed by atoms with Crippen LogP contribution in [0.25, 0.3) is 17.0 Å². The molecule has 0 unspecified atom stereocenters. The lowest BCUT2D eigenvalue weighted by Crippen LogP contribution is -1.92. The SMILES string of the molecule is N#Cc1ccc2nnc(-c3ccccc3I)n2c1. The summed E-state index contributed by atoms with van der Waals surface area (Å²) in [5, 5.41) is 17.3. The highest BCUT2D eigenvalue weighted by atomic mass is 127. The molecule has 0 aliphatic rings. The fraction of sp³-hybridized carbons (Fsp3) is 0. The van der Waals surface area contributed by atoms with Crippen molar-refractivity contribution in [1.29, 1.82) is 5.26 Å². The van der Waals surface area contributed by atoms with E-state index in [1.807, 2.05) is 28.7 Å². The number of benzene rings is 1. The molecule has 18 heavy (non-hydrogen) atoms. The number of hydrogen-bond donors (Lipinski definition) is 0. The van der Waals surface area contributed by atoms with Crippen LogP contribution < -0.4 is 0 Å². The van der Waals surface area contributed by atoms with Crippen LogP contribution in [0.15, 0.2) is 42.6 Å². The summed E-state index contributed by atoms with van der Waals surface area (Å²) < 4.78 is 2.95. The Labute approximate surface area is 117 Å². The molecule has 2 aromatic heterocycles. The van der Waals surface area contributed by atoms with Crippen molar-refractivity contribution in [2.75, 3.05) is 0 Å². The normalized spacial score (nSPS) is 10.4. The number of nitriles is 1. The van der Waals surface area contributed by atoms with E-state index in [0.717, 1.165) is 20.6 Å². The number of halogens is 1. The fourth-order valence-electron chi connectivity index (χ4n) is 1.78. The van der Waals surface area contributed by atoms with Gasteiger partial charge in [-0.1, -0.05) is 18.2 Å². The van der Waals surface area contributed by atoms with Gasteiger partial charge in [0.25, 0.3) is 0 Å². The number of hydrogen-bond acceptors (Lipinski definition) is 3. The van der Waals surface area contributed by atoms with Gasteiger partial charge in [-0.3, -0.25) is 4.40 Å². The van der Waals surface area contributed by atoms with E-state index < -0.39 is 0 Å². The smallest absolute Gasteiger partial charge is 0.169 e. The van der Waals surface area contributed by atoms with E-state index >= 15 is 0 Å². The molecule has 3 aromatic rings. The summed E-state index contributed by atoms with van der Waals surface area (Å²) >= 11 is 2.27. The molecule has 0 atom stereocenters. The summed E-state index contributed by atoms with van der Waals surface area (Å²) in [7, 11) is 0. The average molecular weight is 346 g/mol. The van der Waals surface area contributed by atoms with E-state index in [-0.39, 0.29) is 0 Å². The predicted molar refractivity (Wildman–Crippen MR) is 75.9 cm³/mol. The first kappa shape index (κ1) is 11.2. The van der Waals surface area contributed by atoms with Crippen molar-refractivity contribution in [3.05, 3.63) is 51.7 Å².